The van der Waals surface area contributed by atoms with Gasteiger partial charge in [0.1, 0.15) is 12.4 Å². The molecule has 0 aliphatic carbocycles. The molecular formula is C17H16N2O. The zero-order valence-corrected chi connectivity index (χ0v) is 11.1. The van der Waals surface area contributed by atoms with Gasteiger partial charge in [0.2, 0.25) is 0 Å². The summed E-state index contributed by atoms with van der Waals surface area (Å²) in [6.07, 6.45) is 0. The molecule has 2 aromatic rings. The van der Waals surface area contributed by atoms with Crippen molar-refractivity contribution in [3.63, 3.8) is 0 Å². The Morgan fingerprint density at radius 3 is 2.70 bits per heavy atom. The minimum absolute atomic E-state index is 0.135. The molecule has 0 saturated carbocycles. The molecule has 0 radical (unpaired) electrons. The van der Waals surface area contributed by atoms with Crippen LogP contribution in [0.3, 0.4) is 0 Å². The molecule has 3 rings (SSSR count). The first kappa shape index (κ1) is 12.7. The number of para-hydroxylation sites is 1. The molecule has 1 N–H and O–H groups in total. The van der Waals surface area contributed by atoms with E-state index in [1.54, 1.807) is 0 Å². The van der Waals surface area contributed by atoms with Crippen molar-refractivity contribution in [3.8, 4) is 11.8 Å². The lowest BCUT2D eigenvalue weighted by atomic mass is 10.00. The number of nitriles is 1. The van der Waals surface area contributed by atoms with E-state index >= 15 is 0 Å². The Kier molecular flexibility index (Phi) is 3.67. The first-order chi connectivity index (χ1) is 9.88. The number of hydrogen-bond acceptors (Lipinski definition) is 3. The Labute approximate surface area is 118 Å². The van der Waals surface area contributed by atoms with Gasteiger partial charge in [-0.1, -0.05) is 48.5 Å². The van der Waals surface area contributed by atoms with Gasteiger partial charge in [-0.3, -0.25) is 0 Å². The van der Waals surface area contributed by atoms with Crippen molar-refractivity contribution in [1.82, 2.24) is 5.32 Å². The highest BCUT2D eigenvalue weighted by molar-refractivity contribution is 5.39. The van der Waals surface area contributed by atoms with Gasteiger partial charge in [-0.25, -0.2) is 0 Å². The van der Waals surface area contributed by atoms with E-state index in [1.165, 1.54) is 5.56 Å². The van der Waals surface area contributed by atoms with Gasteiger partial charge < -0.3 is 10.1 Å². The number of fused-ring (bicyclic) bond motifs is 1. The molecule has 1 aliphatic heterocycles. The van der Waals surface area contributed by atoms with Crippen LogP contribution in [-0.4, -0.2) is 13.2 Å². The van der Waals surface area contributed by atoms with Crippen LogP contribution in [0.15, 0.2) is 54.6 Å². The van der Waals surface area contributed by atoms with Gasteiger partial charge >= 0.3 is 0 Å². The third-order valence-electron chi connectivity index (χ3n) is 3.63. The number of ether oxygens (including phenoxy) is 1. The van der Waals surface area contributed by atoms with Gasteiger partial charge in [0.05, 0.1) is 18.0 Å². The van der Waals surface area contributed by atoms with Gasteiger partial charge in [-0.2, -0.15) is 5.26 Å². The van der Waals surface area contributed by atoms with Crippen LogP contribution in [0, 0.1) is 11.3 Å². The number of nitrogens with zero attached hydrogens (tertiary/aromatic N) is 1. The predicted molar refractivity (Wildman–Crippen MR) is 77.5 cm³/mol. The molecule has 3 heteroatoms. The second-order valence-electron chi connectivity index (χ2n) is 4.90. The van der Waals surface area contributed by atoms with Crippen LogP contribution < -0.4 is 10.1 Å². The van der Waals surface area contributed by atoms with Gasteiger partial charge in [0, 0.05) is 12.1 Å². The Morgan fingerprint density at radius 2 is 1.90 bits per heavy atom. The molecule has 2 unspecified atom stereocenters. The van der Waals surface area contributed by atoms with Crippen molar-refractivity contribution in [2.45, 2.75) is 12.0 Å². The van der Waals surface area contributed by atoms with Crippen molar-refractivity contribution in [2.24, 2.45) is 0 Å². The molecule has 2 atom stereocenters. The van der Waals surface area contributed by atoms with Gasteiger partial charge in [0.25, 0.3) is 0 Å². The van der Waals surface area contributed by atoms with Crippen LogP contribution >= 0.6 is 0 Å². The molecule has 2 aromatic carbocycles. The predicted octanol–water partition coefficient (Wildman–Crippen LogP) is 3.02. The van der Waals surface area contributed by atoms with E-state index in [4.69, 9.17) is 4.74 Å². The molecule has 0 bridgehead atoms. The molecule has 0 amide bonds. The summed E-state index contributed by atoms with van der Waals surface area (Å²) in [6, 6.07) is 20.5. The van der Waals surface area contributed by atoms with Crippen molar-refractivity contribution < 1.29 is 4.74 Å². The van der Waals surface area contributed by atoms with Crippen molar-refractivity contribution in [1.29, 1.82) is 5.26 Å². The maximum absolute atomic E-state index is 9.33. The standard InChI is InChI=1S/C17H16N2O/c18-10-14(13-6-2-1-3-7-13)11-19-16-12-20-17-9-5-4-8-15(16)17/h1-9,14,16,19H,11-12H2. The first-order valence-corrected chi connectivity index (χ1v) is 6.78. The van der Waals surface area contributed by atoms with Crippen LogP contribution in [0.1, 0.15) is 23.1 Å². The number of benzene rings is 2. The fourth-order valence-electron chi connectivity index (χ4n) is 2.52. The highest BCUT2D eigenvalue weighted by atomic mass is 16.5. The summed E-state index contributed by atoms with van der Waals surface area (Å²) in [6.45, 7) is 1.26. The highest BCUT2D eigenvalue weighted by Crippen LogP contribution is 2.31. The maximum Gasteiger partial charge on any atom is 0.124 e. The lowest BCUT2D eigenvalue weighted by Gasteiger charge is -2.15. The Bertz CT molecular complexity index is 618. The Hall–Kier alpha value is -2.31. The molecule has 1 heterocycles. The molecule has 20 heavy (non-hydrogen) atoms. The van der Waals surface area contributed by atoms with E-state index in [0.717, 1.165) is 11.3 Å². The molecule has 0 aromatic heterocycles. The number of nitrogens with one attached hydrogen (secondary N) is 1. The second-order valence-corrected chi connectivity index (χ2v) is 4.90. The number of rotatable bonds is 4. The lowest BCUT2D eigenvalue weighted by Crippen LogP contribution is -2.27. The Morgan fingerprint density at radius 1 is 1.15 bits per heavy atom. The summed E-state index contributed by atoms with van der Waals surface area (Å²) in [5.41, 5.74) is 2.23. The fraction of sp³-hybridized carbons (Fsp3) is 0.235. The van der Waals surface area contributed by atoms with Crippen LogP contribution in [0.25, 0.3) is 0 Å². The monoisotopic (exact) mass is 264 g/mol. The normalized spacial score (nSPS) is 17.9. The largest absolute Gasteiger partial charge is 0.491 e. The van der Waals surface area contributed by atoms with Gasteiger partial charge in [-0.05, 0) is 11.6 Å². The van der Waals surface area contributed by atoms with Crippen LogP contribution in [-0.2, 0) is 0 Å². The van der Waals surface area contributed by atoms with E-state index < -0.39 is 0 Å². The quantitative estimate of drug-likeness (QED) is 0.923. The summed E-state index contributed by atoms with van der Waals surface area (Å²) >= 11 is 0. The highest BCUT2D eigenvalue weighted by Gasteiger charge is 2.24. The SMILES string of the molecule is N#CC(CNC1COc2ccccc21)c1ccccc1. The van der Waals surface area contributed by atoms with E-state index in [2.05, 4.69) is 17.5 Å². The second kappa shape index (κ2) is 5.77. The molecule has 0 fully saturated rings. The summed E-state index contributed by atoms with van der Waals surface area (Å²) in [5.74, 6) is 0.808. The molecule has 100 valence electrons. The third kappa shape index (κ3) is 2.52. The first-order valence-electron chi connectivity index (χ1n) is 6.78. The molecule has 3 nitrogen and oxygen atoms in total. The maximum atomic E-state index is 9.33. The van der Waals surface area contributed by atoms with Gasteiger partial charge in [-0.15, -0.1) is 0 Å². The summed E-state index contributed by atoms with van der Waals surface area (Å²) in [4.78, 5) is 0. The Balaban J connectivity index is 1.67. The lowest BCUT2D eigenvalue weighted by molar-refractivity contribution is 0.311. The topological polar surface area (TPSA) is 45.0 Å². The molecule has 1 aliphatic rings. The summed E-state index contributed by atoms with van der Waals surface area (Å²) in [5, 5.41) is 12.8. The van der Waals surface area contributed by atoms with Gasteiger partial charge in [0.15, 0.2) is 0 Å². The molecule has 0 saturated heterocycles. The van der Waals surface area contributed by atoms with Crippen LogP contribution in [0.2, 0.25) is 0 Å². The average molecular weight is 264 g/mol. The fourth-order valence-corrected chi connectivity index (χ4v) is 2.52. The van der Waals surface area contributed by atoms with E-state index in [-0.39, 0.29) is 12.0 Å². The zero-order chi connectivity index (χ0) is 13.8. The van der Waals surface area contributed by atoms with Crippen molar-refractivity contribution in [2.75, 3.05) is 13.2 Å². The average Bonchev–Trinajstić information content (AvgIpc) is 2.92. The third-order valence-corrected chi connectivity index (χ3v) is 3.63. The molecule has 0 spiro atoms. The smallest absolute Gasteiger partial charge is 0.124 e. The minimum Gasteiger partial charge on any atom is -0.491 e. The van der Waals surface area contributed by atoms with Crippen LogP contribution in [0.5, 0.6) is 5.75 Å². The van der Waals surface area contributed by atoms with E-state index in [1.807, 2.05) is 48.5 Å². The van der Waals surface area contributed by atoms with E-state index in [9.17, 15) is 5.26 Å². The molecular weight excluding hydrogens is 248 g/mol. The summed E-state index contributed by atoms with van der Waals surface area (Å²) < 4.78 is 5.64. The summed E-state index contributed by atoms with van der Waals surface area (Å²) in [7, 11) is 0. The van der Waals surface area contributed by atoms with E-state index in [0.29, 0.717) is 13.2 Å². The van der Waals surface area contributed by atoms with Crippen molar-refractivity contribution >= 4 is 0 Å². The zero-order valence-electron chi connectivity index (χ0n) is 11.1. The minimum atomic E-state index is -0.135. The van der Waals surface area contributed by atoms with Crippen molar-refractivity contribution in [3.05, 3.63) is 65.7 Å². The van der Waals surface area contributed by atoms with Crippen LogP contribution in [0.4, 0.5) is 0 Å². The number of hydrogen-bond donors (Lipinski definition) is 1.